The van der Waals surface area contributed by atoms with Gasteiger partial charge in [0.1, 0.15) is 11.5 Å². The summed E-state index contributed by atoms with van der Waals surface area (Å²) in [5, 5.41) is 10.4. The predicted molar refractivity (Wildman–Crippen MR) is 129 cm³/mol. The maximum Gasteiger partial charge on any atom is 0.459 e. The molecule has 0 aliphatic rings. The van der Waals surface area contributed by atoms with E-state index in [0.717, 1.165) is 29.3 Å². The Morgan fingerprint density at radius 2 is 1.67 bits per heavy atom. The molecule has 0 fully saturated rings. The molecule has 1 amide bonds. The minimum Gasteiger partial charge on any atom is -0.304 e. The van der Waals surface area contributed by atoms with Gasteiger partial charge in [-0.25, -0.2) is 13.9 Å². The van der Waals surface area contributed by atoms with Crippen molar-refractivity contribution in [2.75, 3.05) is 5.32 Å². The van der Waals surface area contributed by atoms with Crippen LogP contribution in [0.5, 0.6) is 0 Å². The number of amides is 1. The second-order valence-electron chi connectivity index (χ2n) is 8.68. The van der Waals surface area contributed by atoms with E-state index in [0.29, 0.717) is 12.6 Å². The fraction of sp³-hybridized carbons (Fsp3) is 0.154. The van der Waals surface area contributed by atoms with Crippen molar-refractivity contribution in [1.82, 2.24) is 24.4 Å². The van der Waals surface area contributed by atoms with Gasteiger partial charge in [0.05, 0.1) is 12.2 Å². The molecule has 39 heavy (non-hydrogen) atoms. The number of halogens is 6. The van der Waals surface area contributed by atoms with E-state index in [2.05, 4.69) is 20.5 Å². The second kappa shape index (κ2) is 9.57. The standard InChI is InChI=1S/C26H18F6N6O/c1-15-4-2-3-5-17(15)14-37-11-10-22(36-37)34-24(39)20-13-23-33-19(16-6-8-18(27)9-7-16)12-21(38(23)35-20)25(28,29)26(30,31)32/h2-13H,14H2,1H3,(H,34,36,39). The highest BCUT2D eigenvalue weighted by atomic mass is 19.4. The molecule has 0 unspecified atom stereocenters. The van der Waals surface area contributed by atoms with E-state index in [1.165, 1.54) is 18.2 Å². The van der Waals surface area contributed by atoms with Gasteiger partial charge in [-0.1, -0.05) is 24.3 Å². The number of aromatic nitrogens is 5. The summed E-state index contributed by atoms with van der Waals surface area (Å²) in [4.78, 5) is 16.9. The monoisotopic (exact) mass is 544 g/mol. The third kappa shape index (κ3) is 5.07. The van der Waals surface area contributed by atoms with Gasteiger partial charge < -0.3 is 5.32 Å². The van der Waals surface area contributed by atoms with Gasteiger partial charge in [-0.3, -0.25) is 9.48 Å². The smallest absolute Gasteiger partial charge is 0.304 e. The molecular formula is C26H18F6N6O. The molecule has 0 bridgehead atoms. The third-order valence-electron chi connectivity index (χ3n) is 5.95. The molecule has 0 spiro atoms. The van der Waals surface area contributed by atoms with E-state index in [1.54, 1.807) is 10.9 Å². The van der Waals surface area contributed by atoms with E-state index in [-0.39, 0.29) is 21.6 Å². The molecular weight excluding hydrogens is 526 g/mol. The van der Waals surface area contributed by atoms with Crippen molar-refractivity contribution in [2.24, 2.45) is 0 Å². The first-order valence-electron chi connectivity index (χ1n) is 11.4. The van der Waals surface area contributed by atoms with Crippen LogP contribution in [-0.4, -0.2) is 36.5 Å². The van der Waals surface area contributed by atoms with Crippen LogP contribution < -0.4 is 5.32 Å². The van der Waals surface area contributed by atoms with Crippen molar-refractivity contribution in [3.05, 3.63) is 101 Å². The summed E-state index contributed by atoms with van der Waals surface area (Å²) in [7, 11) is 0. The number of hydrogen-bond donors (Lipinski definition) is 1. The Hall–Kier alpha value is -4.68. The highest BCUT2D eigenvalue weighted by Crippen LogP contribution is 2.44. The molecule has 5 aromatic rings. The van der Waals surface area contributed by atoms with Crippen LogP contribution in [0, 0.1) is 12.7 Å². The number of fused-ring (bicyclic) bond motifs is 1. The van der Waals surface area contributed by atoms with Gasteiger partial charge in [-0.05, 0) is 48.4 Å². The largest absolute Gasteiger partial charge is 0.459 e. The number of rotatable bonds is 6. The highest BCUT2D eigenvalue weighted by Gasteiger charge is 2.60. The van der Waals surface area contributed by atoms with Crippen molar-refractivity contribution in [3.63, 3.8) is 0 Å². The molecule has 0 aliphatic carbocycles. The molecule has 0 atom stereocenters. The van der Waals surface area contributed by atoms with Crippen molar-refractivity contribution >= 4 is 17.4 Å². The minimum atomic E-state index is -5.96. The number of nitrogens with one attached hydrogen (secondary N) is 1. The second-order valence-corrected chi connectivity index (χ2v) is 8.68. The number of hydrogen-bond acceptors (Lipinski definition) is 4. The van der Waals surface area contributed by atoms with Crippen LogP contribution in [0.1, 0.15) is 27.3 Å². The molecule has 0 saturated carbocycles. The van der Waals surface area contributed by atoms with Crippen molar-refractivity contribution in [1.29, 1.82) is 0 Å². The van der Waals surface area contributed by atoms with Gasteiger partial charge in [0.25, 0.3) is 5.91 Å². The molecule has 5 rings (SSSR count). The Balaban J connectivity index is 1.48. The quantitative estimate of drug-likeness (QED) is 0.266. The molecule has 2 aromatic carbocycles. The zero-order valence-corrected chi connectivity index (χ0v) is 20.0. The normalized spacial score (nSPS) is 12.2. The van der Waals surface area contributed by atoms with E-state index < -0.39 is 40.9 Å². The lowest BCUT2D eigenvalue weighted by Crippen LogP contribution is -2.36. The van der Waals surface area contributed by atoms with Crippen LogP contribution in [-0.2, 0) is 12.5 Å². The Morgan fingerprint density at radius 3 is 2.36 bits per heavy atom. The van der Waals surface area contributed by atoms with E-state index in [4.69, 9.17) is 0 Å². The third-order valence-corrected chi connectivity index (χ3v) is 5.95. The van der Waals surface area contributed by atoms with Crippen LogP contribution in [0.25, 0.3) is 16.9 Å². The number of aryl methyl sites for hydroxylation is 1. The maximum absolute atomic E-state index is 14.5. The molecule has 3 aromatic heterocycles. The molecule has 1 N–H and O–H groups in total. The van der Waals surface area contributed by atoms with E-state index in [1.807, 2.05) is 31.2 Å². The highest BCUT2D eigenvalue weighted by molar-refractivity contribution is 6.03. The zero-order valence-electron chi connectivity index (χ0n) is 20.0. The number of alkyl halides is 5. The first kappa shape index (κ1) is 25.9. The van der Waals surface area contributed by atoms with Gasteiger partial charge in [0, 0.05) is 23.9 Å². The van der Waals surface area contributed by atoms with Crippen molar-refractivity contribution < 1.29 is 31.1 Å². The summed E-state index contributed by atoms with van der Waals surface area (Å²) < 4.78 is 84.2. The van der Waals surface area contributed by atoms with Crippen LogP contribution in [0.2, 0.25) is 0 Å². The lowest BCUT2D eigenvalue weighted by molar-refractivity contribution is -0.291. The molecule has 13 heteroatoms. The summed E-state index contributed by atoms with van der Waals surface area (Å²) in [6.45, 7) is 2.36. The summed E-state index contributed by atoms with van der Waals surface area (Å²) in [6.07, 6.45) is -4.34. The fourth-order valence-electron chi connectivity index (χ4n) is 3.88. The van der Waals surface area contributed by atoms with E-state index >= 15 is 0 Å². The minimum absolute atomic E-state index is 0.0875. The molecule has 0 aliphatic heterocycles. The molecule has 0 saturated heterocycles. The SMILES string of the molecule is Cc1ccccc1Cn1ccc(NC(=O)c2cc3nc(-c4ccc(F)cc4)cc(C(F)(F)C(F)(F)F)n3n2)n1. The first-order chi connectivity index (χ1) is 18.4. The average Bonchev–Trinajstić information content (AvgIpc) is 3.51. The van der Waals surface area contributed by atoms with Gasteiger partial charge >= 0.3 is 12.1 Å². The Morgan fingerprint density at radius 1 is 0.949 bits per heavy atom. The maximum atomic E-state index is 14.5. The van der Waals surface area contributed by atoms with Crippen LogP contribution in [0.4, 0.5) is 32.2 Å². The number of carbonyl (C=O) groups excluding carboxylic acids is 1. The topological polar surface area (TPSA) is 77.1 Å². The van der Waals surface area contributed by atoms with Gasteiger partial charge in [0.2, 0.25) is 0 Å². The molecule has 7 nitrogen and oxygen atoms in total. The van der Waals surface area contributed by atoms with Crippen molar-refractivity contribution in [3.8, 4) is 11.3 Å². The fourth-order valence-corrected chi connectivity index (χ4v) is 3.88. The average molecular weight is 544 g/mol. The summed E-state index contributed by atoms with van der Waals surface area (Å²) in [6, 6.07) is 15.0. The number of nitrogens with zero attached hydrogens (tertiary/aromatic N) is 5. The lowest BCUT2D eigenvalue weighted by atomic mass is 10.1. The van der Waals surface area contributed by atoms with Crippen LogP contribution in [0.15, 0.2) is 72.9 Å². The number of carbonyl (C=O) groups is 1. The Bertz CT molecular complexity index is 1670. The first-order valence-corrected chi connectivity index (χ1v) is 11.4. The summed E-state index contributed by atoms with van der Waals surface area (Å²) >= 11 is 0. The predicted octanol–water partition coefficient (Wildman–Crippen LogP) is 6.00. The molecule has 3 heterocycles. The van der Waals surface area contributed by atoms with E-state index in [9.17, 15) is 31.1 Å². The van der Waals surface area contributed by atoms with Crippen LogP contribution in [0.3, 0.4) is 0 Å². The van der Waals surface area contributed by atoms with Crippen molar-refractivity contribution in [2.45, 2.75) is 25.6 Å². The number of anilines is 1. The molecule has 0 radical (unpaired) electrons. The summed E-state index contributed by atoms with van der Waals surface area (Å²) in [5.41, 5.74) is -0.617. The van der Waals surface area contributed by atoms with Gasteiger partial charge in [0.15, 0.2) is 17.2 Å². The zero-order chi connectivity index (χ0) is 27.9. The number of benzene rings is 2. The Labute approximate surface area is 216 Å². The Kier molecular flexibility index (Phi) is 6.36. The van der Waals surface area contributed by atoms with Gasteiger partial charge in [-0.15, -0.1) is 0 Å². The van der Waals surface area contributed by atoms with Crippen LogP contribution >= 0.6 is 0 Å². The summed E-state index contributed by atoms with van der Waals surface area (Å²) in [5.74, 6) is -6.75. The molecule has 200 valence electrons. The van der Waals surface area contributed by atoms with Gasteiger partial charge in [-0.2, -0.15) is 32.1 Å². The lowest BCUT2D eigenvalue weighted by Gasteiger charge is -2.21.